The number of hydrogen-bond acceptors (Lipinski definition) is 5. The molecule has 1 heterocycles. The standard InChI is InChI=1S/C23H29N3O4S/c1-3-28-20-14-19(26-23(31)24-15-17-11-8-12-30-17)21(29-4-2)13-18(20)25-22(27)16-9-6-5-7-10-16/h5-7,9-10,13-14,17H,3-4,8,11-12,15H2,1-2H3,(H,25,27)(H2,24,26,31)/t17-/m1/s1. The summed E-state index contributed by atoms with van der Waals surface area (Å²) in [5.74, 6) is 0.869. The maximum Gasteiger partial charge on any atom is 0.255 e. The van der Waals surface area contributed by atoms with Crippen LogP contribution in [0.3, 0.4) is 0 Å². The number of hydrogen-bond donors (Lipinski definition) is 3. The maximum atomic E-state index is 12.6. The third kappa shape index (κ3) is 6.57. The van der Waals surface area contributed by atoms with Gasteiger partial charge < -0.3 is 30.2 Å². The van der Waals surface area contributed by atoms with Crippen LogP contribution in [0.5, 0.6) is 11.5 Å². The topological polar surface area (TPSA) is 80.8 Å². The zero-order valence-electron chi connectivity index (χ0n) is 17.9. The fourth-order valence-electron chi connectivity index (χ4n) is 3.27. The van der Waals surface area contributed by atoms with Gasteiger partial charge in [-0.05, 0) is 51.0 Å². The Morgan fingerprint density at radius 1 is 1.06 bits per heavy atom. The normalized spacial score (nSPS) is 15.2. The second-order valence-corrected chi connectivity index (χ2v) is 7.41. The Labute approximate surface area is 188 Å². The first-order chi connectivity index (χ1) is 15.1. The van der Waals surface area contributed by atoms with Gasteiger partial charge in [-0.1, -0.05) is 18.2 Å². The highest BCUT2D eigenvalue weighted by molar-refractivity contribution is 7.80. The largest absolute Gasteiger partial charge is 0.492 e. The number of carbonyl (C=O) groups excluding carboxylic acids is 1. The predicted molar refractivity (Wildman–Crippen MR) is 126 cm³/mol. The Balaban J connectivity index is 1.77. The minimum Gasteiger partial charge on any atom is -0.492 e. The van der Waals surface area contributed by atoms with Crippen molar-refractivity contribution in [3.8, 4) is 11.5 Å². The van der Waals surface area contributed by atoms with Gasteiger partial charge in [0.2, 0.25) is 0 Å². The van der Waals surface area contributed by atoms with Crippen LogP contribution in [0.15, 0.2) is 42.5 Å². The molecule has 2 aromatic rings. The molecule has 1 aliphatic heterocycles. The van der Waals surface area contributed by atoms with Gasteiger partial charge in [-0.15, -0.1) is 0 Å². The molecule has 1 atom stereocenters. The lowest BCUT2D eigenvalue weighted by Gasteiger charge is -2.19. The molecular weight excluding hydrogens is 414 g/mol. The van der Waals surface area contributed by atoms with Crippen LogP contribution >= 0.6 is 12.2 Å². The number of nitrogens with one attached hydrogen (secondary N) is 3. The van der Waals surface area contributed by atoms with E-state index in [9.17, 15) is 4.79 Å². The molecule has 0 unspecified atom stereocenters. The van der Waals surface area contributed by atoms with Crippen LogP contribution < -0.4 is 25.4 Å². The number of ether oxygens (including phenoxy) is 3. The Bertz CT molecular complexity index is 886. The summed E-state index contributed by atoms with van der Waals surface area (Å²) >= 11 is 5.45. The summed E-state index contributed by atoms with van der Waals surface area (Å²) in [5.41, 5.74) is 1.75. The SMILES string of the molecule is CCOc1cc(NC(=S)NC[C@H]2CCCO2)c(OCC)cc1NC(=O)c1ccccc1. The Hall–Kier alpha value is -2.84. The minimum atomic E-state index is -0.224. The number of carbonyl (C=O) groups is 1. The molecular formula is C23H29N3O4S. The van der Waals surface area contributed by atoms with E-state index in [4.69, 9.17) is 26.4 Å². The first-order valence-electron chi connectivity index (χ1n) is 10.6. The second-order valence-electron chi connectivity index (χ2n) is 7.00. The molecule has 0 bridgehead atoms. The zero-order valence-corrected chi connectivity index (χ0v) is 18.7. The molecule has 3 rings (SSSR count). The van der Waals surface area contributed by atoms with Crippen molar-refractivity contribution in [3.63, 3.8) is 0 Å². The zero-order chi connectivity index (χ0) is 22.1. The lowest BCUT2D eigenvalue weighted by atomic mass is 10.2. The van der Waals surface area contributed by atoms with Gasteiger partial charge in [0.15, 0.2) is 5.11 Å². The third-order valence-corrected chi connectivity index (χ3v) is 4.97. The minimum absolute atomic E-state index is 0.181. The van der Waals surface area contributed by atoms with Gasteiger partial charge in [-0.25, -0.2) is 0 Å². The van der Waals surface area contributed by atoms with Crippen LogP contribution in [-0.4, -0.2) is 43.5 Å². The number of amides is 1. The monoisotopic (exact) mass is 443 g/mol. The average Bonchev–Trinajstić information content (AvgIpc) is 3.30. The van der Waals surface area contributed by atoms with Crippen molar-refractivity contribution in [2.24, 2.45) is 0 Å². The van der Waals surface area contributed by atoms with Crippen LogP contribution in [0.25, 0.3) is 0 Å². The molecule has 0 spiro atoms. The van der Waals surface area contributed by atoms with Gasteiger partial charge in [-0.2, -0.15) is 0 Å². The van der Waals surface area contributed by atoms with E-state index in [-0.39, 0.29) is 12.0 Å². The van der Waals surface area contributed by atoms with Crippen LogP contribution in [-0.2, 0) is 4.74 Å². The molecule has 0 saturated carbocycles. The van der Waals surface area contributed by atoms with E-state index >= 15 is 0 Å². The van der Waals surface area contributed by atoms with Gasteiger partial charge in [0.1, 0.15) is 11.5 Å². The Morgan fingerprint density at radius 3 is 2.29 bits per heavy atom. The number of benzene rings is 2. The summed E-state index contributed by atoms with van der Waals surface area (Å²) in [6.07, 6.45) is 2.29. The van der Waals surface area contributed by atoms with Crippen molar-refractivity contribution in [3.05, 3.63) is 48.0 Å². The van der Waals surface area contributed by atoms with Crippen LogP contribution in [0, 0.1) is 0 Å². The third-order valence-electron chi connectivity index (χ3n) is 4.73. The summed E-state index contributed by atoms with van der Waals surface area (Å²) < 4.78 is 17.2. The van der Waals surface area contributed by atoms with E-state index < -0.39 is 0 Å². The van der Waals surface area contributed by atoms with Crippen molar-refractivity contribution in [2.45, 2.75) is 32.8 Å². The molecule has 166 valence electrons. The van der Waals surface area contributed by atoms with E-state index in [2.05, 4.69) is 16.0 Å². The smallest absolute Gasteiger partial charge is 0.255 e. The summed E-state index contributed by atoms with van der Waals surface area (Å²) in [6.45, 7) is 6.15. The van der Waals surface area contributed by atoms with Gasteiger partial charge in [0, 0.05) is 30.8 Å². The predicted octanol–water partition coefficient (Wildman–Crippen LogP) is 4.20. The van der Waals surface area contributed by atoms with Crippen molar-refractivity contribution >= 4 is 34.6 Å². The van der Waals surface area contributed by atoms with Gasteiger partial charge in [-0.3, -0.25) is 4.79 Å². The average molecular weight is 444 g/mol. The van der Waals surface area contributed by atoms with Crippen molar-refractivity contribution in [1.29, 1.82) is 0 Å². The van der Waals surface area contributed by atoms with Gasteiger partial charge >= 0.3 is 0 Å². The summed E-state index contributed by atoms with van der Waals surface area (Å²) in [7, 11) is 0. The Morgan fingerprint density at radius 2 is 1.71 bits per heavy atom. The molecule has 3 N–H and O–H groups in total. The number of thiocarbonyl (C=S) groups is 1. The molecule has 0 radical (unpaired) electrons. The molecule has 1 amide bonds. The number of rotatable bonds is 9. The van der Waals surface area contributed by atoms with E-state index in [1.54, 1.807) is 24.3 Å². The van der Waals surface area contributed by atoms with Crippen molar-refractivity contribution in [2.75, 3.05) is 37.0 Å². The van der Waals surface area contributed by atoms with Crippen LogP contribution in [0.4, 0.5) is 11.4 Å². The first kappa shape index (κ1) is 22.8. The second kappa shape index (κ2) is 11.5. The van der Waals surface area contributed by atoms with E-state index in [1.165, 1.54) is 0 Å². The lowest BCUT2D eigenvalue weighted by molar-refractivity contribution is 0.102. The van der Waals surface area contributed by atoms with Crippen molar-refractivity contribution in [1.82, 2.24) is 5.32 Å². The Kier molecular flexibility index (Phi) is 8.49. The van der Waals surface area contributed by atoms with E-state index in [0.29, 0.717) is 53.3 Å². The fourth-order valence-corrected chi connectivity index (χ4v) is 3.46. The highest BCUT2D eigenvalue weighted by Crippen LogP contribution is 2.37. The van der Waals surface area contributed by atoms with Crippen LogP contribution in [0.2, 0.25) is 0 Å². The van der Waals surface area contributed by atoms with E-state index in [0.717, 1.165) is 19.4 Å². The molecule has 8 heteroatoms. The van der Waals surface area contributed by atoms with Crippen molar-refractivity contribution < 1.29 is 19.0 Å². The number of anilines is 2. The summed E-state index contributed by atoms with van der Waals surface area (Å²) in [5, 5.41) is 9.76. The molecule has 7 nitrogen and oxygen atoms in total. The summed E-state index contributed by atoms with van der Waals surface area (Å²) in [6, 6.07) is 12.6. The summed E-state index contributed by atoms with van der Waals surface area (Å²) in [4.78, 5) is 12.6. The van der Waals surface area contributed by atoms with E-state index in [1.807, 2.05) is 32.0 Å². The fraction of sp³-hybridized carbons (Fsp3) is 0.391. The molecule has 0 aliphatic carbocycles. The van der Waals surface area contributed by atoms with Crippen LogP contribution in [0.1, 0.15) is 37.0 Å². The highest BCUT2D eigenvalue weighted by atomic mass is 32.1. The molecule has 31 heavy (non-hydrogen) atoms. The maximum absolute atomic E-state index is 12.6. The first-order valence-corrected chi connectivity index (χ1v) is 11.0. The molecule has 0 aromatic heterocycles. The lowest BCUT2D eigenvalue weighted by Crippen LogP contribution is -2.34. The molecule has 1 saturated heterocycles. The van der Waals surface area contributed by atoms with Gasteiger partial charge in [0.05, 0.1) is 30.7 Å². The molecule has 2 aromatic carbocycles. The molecule has 1 fully saturated rings. The quantitative estimate of drug-likeness (QED) is 0.501. The molecule has 1 aliphatic rings. The highest BCUT2D eigenvalue weighted by Gasteiger charge is 2.18. The van der Waals surface area contributed by atoms with Gasteiger partial charge in [0.25, 0.3) is 5.91 Å².